The third-order valence-electron chi connectivity index (χ3n) is 3.25. The smallest absolute Gasteiger partial charge is 0.193 e. The number of halogens is 1. The average molecular weight is 441 g/mol. The van der Waals surface area contributed by atoms with Crippen molar-refractivity contribution in [2.24, 2.45) is 10.7 Å². The van der Waals surface area contributed by atoms with Gasteiger partial charge in [-0.05, 0) is 49.2 Å². The maximum atomic E-state index is 5.93. The van der Waals surface area contributed by atoms with Gasteiger partial charge >= 0.3 is 0 Å². The van der Waals surface area contributed by atoms with E-state index in [1.165, 1.54) is 5.56 Å². The van der Waals surface area contributed by atoms with E-state index >= 15 is 0 Å². The number of ether oxygens (including phenoxy) is 2. The number of rotatable bonds is 6. The highest BCUT2D eigenvalue weighted by Gasteiger charge is 2.05. The van der Waals surface area contributed by atoms with Crippen LogP contribution in [0, 0.1) is 6.92 Å². The van der Waals surface area contributed by atoms with Crippen LogP contribution in [0.15, 0.2) is 47.5 Å². The first-order valence-corrected chi connectivity index (χ1v) is 7.55. The molecule has 3 N–H and O–H groups in total. The Morgan fingerprint density at radius 3 is 2.62 bits per heavy atom. The fourth-order valence-corrected chi connectivity index (χ4v) is 2.17. The molecule has 0 aliphatic rings. The molecular formula is C18H24IN3O2. The molecule has 0 atom stereocenters. The van der Waals surface area contributed by atoms with Gasteiger partial charge in [-0.1, -0.05) is 18.2 Å². The summed E-state index contributed by atoms with van der Waals surface area (Å²) in [6, 6.07) is 13.7. The van der Waals surface area contributed by atoms with E-state index in [1.807, 2.05) is 56.3 Å². The predicted molar refractivity (Wildman–Crippen MR) is 110 cm³/mol. The highest BCUT2D eigenvalue weighted by Crippen LogP contribution is 2.28. The van der Waals surface area contributed by atoms with Crippen LogP contribution in [0.5, 0.6) is 11.5 Å². The average Bonchev–Trinajstić information content (AvgIpc) is 2.54. The molecule has 0 fully saturated rings. The Morgan fingerprint density at radius 1 is 1.17 bits per heavy atom. The van der Waals surface area contributed by atoms with E-state index in [0.717, 1.165) is 17.0 Å². The number of benzene rings is 2. The number of methoxy groups -OCH3 is 1. The van der Waals surface area contributed by atoms with Crippen LogP contribution in [-0.4, -0.2) is 19.7 Å². The van der Waals surface area contributed by atoms with E-state index in [4.69, 9.17) is 15.2 Å². The zero-order valence-electron chi connectivity index (χ0n) is 14.2. The number of hydrogen-bond donors (Lipinski definition) is 2. The van der Waals surface area contributed by atoms with Crippen molar-refractivity contribution in [1.82, 2.24) is 0 Å². The summed E-state index contributed by atoms with van der Waals surface area (Å²) in [7, 11) is 1.62. The summed E-state index contributed by atoms with van der Waals surface area (Å²) in [4.78, 5) is 4.36. The van der Waals surface area contributed by atoms with Crippen LogP contribution in [0.3, 0.4) is 0 Å². The maximum absolute atomic E-state index is 5.93. The molecule has 0 unspecified atom stereocenters. The molecule has 0 aromatic heterocycles. The predicted octanol–water partition coefficient (Wildman–Crippen LogP) is 3.95. The third-order valence-corrected chi connectivity index (χ3v) is 3.25. The highest BCUT2D eigenvalue weighted by atomic mass is 127. The van der Waals surface area contributed by atoms with Crippen molar-refractivity contribution < 1.29 is 9.47 Å². The van der Waals surface area contributed by atoms with Gasteiger partial charge in [-0.25, -0.2) is 4.99 Å². The van der Waals surface area contributed by atoms with Gasteiger partial charge in [0.1, 0.15) is 0 Å². The lowest BCUT2D eigenvalue weighted by atomic mass is 10.2. The summed E-state index contributed by atoms with van der Waals surface area (Å²) in [6.07, 6.45) is 0. The van der Waals surface area contributed by atoms with Crippen molar-refractivity contribution >= 4 is 35.6 Å². The van der Waals surface area contributed by atoms with Crippen molar-refractivity contribution in [2.45, 2.75) is 20.4 Å². The van der Waals surface area contributed by atoms with Crippen LogP contribution in [0.25, 0.3) is 0 Å². The monoisotopic (exact) mass is 441 g/mol. The molecule has 0 saturated carbocycles. The van der Waals surface area contributed by atoms with E-state index in [0.29, 0.717) is 24.9 Å². The van der Waals surface area contributed by atoms with Gasteiger partial charge in [-0.3, -0.25) is 0 Å². The molecule has 130 valence electrons. The van der Waals surface area contributed by atoms with E-state index in [9.17, 15) is 0 Å². The first-order valence-electron chi connectivity index (χ1n) is 7.55. The fraction of sp³-hybridized carbons (Fsp3) is 0.278. The number of hydrogen-bond acceptors (Lipinski definition) is 3. The van der Waals surface area contributed by atoms with Crippen LogP contribution in [-0.2, 0) is 6.54 Å². The number of aliphatic imine (C=N–C) groups is 1. The lowest BCUT2D eigenvalue weighted by Gasteiger charge is -2.10. The maximum Gasteiger partial charge on any atom is 0.193 e. The van der Waals surface area contributed by atoms with Crippen LogP contribution >= 0.6 is 24.0 Å². The van der Waals surface area contributed by atoms with Crippen molar-refractivity contribution in [3.63, 3.8) is 0 Å². The van der Waals surface area contributed by atoms with Crippen molar-refractivity contribution in [3.05, 3.63) is 53.6 Å². The molecule has 0 aliphatic heterocycles. The summed E-state index contributed by atoms with van der Waals surface area (Å²) in [5, 5.41) is 3.09. The van der Waals surface area contributed by atoms with Crippen LogP contribution in [0.2, 0.25) is 0 Å². The molecule has 0 heterocycles. The Balaban J connectivity index is 0.00000288. The minimum Gasteiger partial charge on any atom is -0.493 e. The van der Waals surface area contributed by atoms with Crippen LogP contribution < -0.4 is 20.5 Å². The second-order valence-corrected chi connectivity index (χ2v) is 5.11. The zero-order chi connectivity index (χ0) is 16.7. The van der Waals surface area contributed by atoms with Gasteiger partial charge in [0.25, 0.3) is 0 Å². The SMILES string of the molecule is CCOc1ccc(CN=C(N)Nc2cccc(C)c2)cc1OC.I. The summed E-state index contributed by atoms with van der Waals surface area (Å²) in [5.41, 5.74) is 9.03. The van der Waals surface area contributed by atoms with Crippen LogP contribution in [0.4, 0.5) is 5.69 Å². The molecule has 24 heavy (non-hydrogen) atoms. The Bertz CT molecular complexity index is 690. The fourth-order valence-electron chi connectivity index (χ4n) is 2.17. The quantitative estimate of drug-likeness (QED) is 0.405. The highest BCUT2D eigenvalue weighted by molar-refractivity contribution is 14.0. The molecule has 0 aliphatic carbocycles. The molecule has 2 aromatic carbocycles. The zero-order valence-corrected chi connectivity index (χ0v) is 16.5. The number of anilines is 1. The number of nitrogens with zero attached hydrogens (tertiary/aromatic N) is 1. The van der Waals surface area contributed by atoms with Crippen molar-refractivity contribution in [3.8, 4) is 11.5 Å². The minimum atomic E-state index is 0. The second-order valence-electron chi connectivity index (χ2n) is 5.11. The van der Waals surface area contributed by atoms with E-state index < -0.39 is 0 Å². The summed E-state index contributed by atoms with van der Waals surface area (Å²) in [5.74, 6) is 1.81. The molecule has 0 radical (unpaired) electrons. The second kappa shape index (κ2) is 10.0. The Morgan fingerprint density at radius 2 is 1.96 bits per heavy atom. The molecule has 0 amide bonds. The summed E-state index contributed by atoms with van der Waals surface area (Å²) in [6.45, 7) is 5.04. The van der Waals surface area contributed by atoms with Crippen molar-refractivity contribution in [2.75, 3.05) is 19.0 Å². The van der Waals surface area contributed by atoms with Gasteiger partial charge in [-0.15, -0.1) is 24.0 Å². The summed E-state index contributed by atoms with van der Waals surface area (Å²) < 4.78 is 10.8. The molecule has 5 nitrogen and oxygen atoms in total. The van der Waals surface area contributed by atoms with Crippen molar-refractivity contribution in [1.29, 1.82) is 0 Å². The summed E-state index contributed by atoms with van der Waals surface area (Å²) >= 11 is 0. The van der Waals surface area contributed by atoms with Gasteiger partial charge < -0.3 is 20.5 Å². The number of guanidine groups is 1. The molecule has 6 heteroatoms. The molecular weight excluding hydrogens is 417 g/mol. The lowest BCUT2D eigenvalue weighted by molar-refractivity contribution is 0.310. The van der Waals surface area contributed by atoms with Gasteiger partial charge in [0, 0.05) is 5.69 Å². The Hall–Kier alpha value is -1.96. The van der Waals surface area contributed by atoms with Gasteiger partial charge in [0.05, 0.1) is 20.3 Å². The molecule has 2 aromatic rings. The number of nitrogens with one attached hydrogen (secondary N) is 1. The Kier molecular flexibility index (Phi) is 8.39. The van der Waals surface area contributed by atoms with Crippen LogP contribution in [0.1, 0.15) is 18.1 Å². The standard InChI is InChI=1S/C18H23N3O2.HI/c1-4-23-16-9-8-14(11-17(16)22-3)12-20-18(19)21-15-7-5-6-13(2)10-15;/h5-11H,4,12H2,1-3H3,(H3,19,20,21);1H. The molecule has 0 bridgehead atoms. The van der Waals surface area contributed by atoms with Gasteiger partial charge in [0.2, 0.25) is 0 Å². The van der Waals surface area contributed by atoms with E-state index in [-0.39, 0.29) is 24.0 Å². The van der Waals surface area contributed by atoms with E-state index in [2.05, 4.69) is 10.3 Å². The molecule has 0 spiro atoms. The minimum absolute atomic E-state index is 0. The first-order chi connectivity index (χ1) is 11.1. The normalized spacial score (nSPS) is 10.7. The first kappa shape index (κ1) is 20.1. The molecule has 0 saturated heterocycles. The van der Waals surface area contributed by atoms with Gasteiger partial charge in [0.15, 0.2) is 17.5 Å². The lowest BCUT2D eigenvalue weighted by Crippen LogP contribution is -2.22. The Labute approximate surface area is 160 Å². The number of aryl methyl sites for hydroxylation is 1. The van der Waals surface area contributed by atoms with Gasteiger partial charge in [-0.2, -0.15) is 0 Å². The number of nitrogens with two attached hydrogens (primary N) is 1. The molecule has 2 rings (SSSR count). The third kappa shape index (κ3) is 5.92. The van der Waals surface area contributed by atoms with E-state index in [1.54, 1.807) is 7.11 Å². The topological polar surface area (TPSA) is 68.9 Å². The largest absolute Gasteiger partial charge is 0.493 e.